The van der Waals surface area contributed by atoms with Gasteiger partial charge in [0.2, 0.25) is 0 Å². The molecule has 98 valence electrons. The number of carbonyl (C=O) groups is 2. The lowest BCUT2D eigenvalue weighted by Crippen LogP contribution is -2.13. The third-order valence-corrected chi connectivity index (χ3v) is 2.25. The standard InChI is InChI=1S/C12H11N3O4/c16-11(17)9-6-10(15-14-9)13-12(18)19-7-8-4-2-1-3-5-8/h1-6H,7H2,(H,16,17)(H2,13,14,15,18). The zero-order valence-corrected chi connectivity index (χ0v) is 9.79. The minimum atomic E-state index is -1.15. The summed E-state index contributed by atoms with van der Waals surface area (Å²) >= 11 is 0. The Morgan fingerprint density at radius 1 is 1.32 bits per heavy atom. The summed E-state index contributed by atoms with van der Waals surface area (Å²) in [6.45, 7) is 0.128. The molecule has 7 heteroatoms. The molecule has 0 aliphatic heterocycles. The highest BCUT2D eigenvalue weighted by atomic mass is 16.5. The quantitative estimate of drug-likeness (QED) is 0.779. The van der Waals surface area contributed by atoms with Crippen LogP contribution in [0, 0.1) is 0 Å². The molecule has 2 rings (SSSR count). The van der Waals surface area contributed by atoms with Crippen LogP contribution in [0.1, 0.15) is 16.1 Å². The SMILES string of the molecule is O=C(Nc1cc(C(=O)O)[nH]n1)OCc1ccccc1. The Labute approximate surface area is 108 Å². The molecule has 7 nitrogen and oxygen atoms in total. The van der Waals surface area contributed by atoms with Crippen LogP contribution in [-0.2, 0) is 11.3 Å². The Kier molecular flexibility index (Phi) is 3.77. The van der Waals surface area contributed by atoms with Crippen molar-refractivity contribution >= 4 is 17.9 Å². The number of aromatic amines is 1. The lowest BCUT2D eigenvalue weighted by atomic mass is 10.2. The number of amides is 1. The summed E-state index contributed by atoms with van der Waals surface area (Å²) in [6, 6.07) is 10.4. The van der Waals surface area contributed by atoms with Crippen LogP contribution in [0.2, 0.25) is 0 Å². The Hall–Kier alpha value is -2.83. The molecule has 0 fully saturated rings. The fourth-order valence-electron chi connectivity index (χ4n) is 1.36. The summed E-state index contributed by atoms with van der Waals surface area (Å²) in [5.41, 5.74) is 0.740. The first-order chi connectivity index (χ1) is 9.15. The van der Waals surface area contributed by atoms with Crippen LogP contribution in [0.15, 0.2) is 36.4 Å². The normalized spacial score (nSPS) is 9.89. The number of carboxylic acid groups (broad SMARTS) is 1. The fraction of sp³-hybridized carbons (Fsp3) is 0.0833. The van der Waals surface area contributed by atoms with Gasteiger partial charge in [-0.3, -0.25) is 10.4 Å². The monoisotopic (exact) mass is 261 g/mol. The zero-order chi connectivity index (χ0) is 13.7. The predicted molar refractivity (Wildman–Crippen MR) is 65.8 cm³/mol. The molecule has 3 N–H and O–H groups in total. The second-order valence-electron chi connectivity index (χ2n) is 3.66. The highest BCUT2D eigenvalue weighted by Crippen LogP contribution is 2.07. The van der Waals surface area contributed by atoms with E-state index in [1.54, 1.807) is 0 Å². The van der Waals surface area contributed by atoms with Gasteiger partial charge in [-0.2, -0.15) is 5.10 Å². The van der Waals surface area contributed by atoms with Gasteiger partial charge in [0.25, 0.3) is 0 Å². The number of ether oxygens (including phenoxy) is 1. The highest BCUT2D eigenvalue weighted by molar-refractivity contribution is 5.89. The molecule has 0 unspecified atom stereocenters. The number of aromatic nitrogens is 2. The van der Waals surface area contributed by atoms with Gasteiger partial charge in [0.05, 0.1) is 0 Å². The van der Waals surface area contributed by atoms with Crippen molar-refractivity contribution in [3.05, 3.63) is 47.7 Å². The molecule has 1 amide bonds. The number of hydrogen-bond donors (Lipinski definition) is 3. The predicted octanol–water partition coefficient (Wildman–Crippen LogP) is 1.86. The van der Waals surface area contributed by atoms with E-state index >= 15 is 0 Å². The minimum absolute atomic E-state index is 0.0930. The molecule has 0 saturated heterocycles. The van der Waals surface area contributed by atoms with Crippen LogP contribution in [0.25, 0.3) is 0 Å². The molecule has 0 bridgehead atoms. The van der Waals surface area contributed by atoms with Crippen LogP contribution in [0.3, 0.4) is 0 Å². The van der Waals surface area contributed by atoms with E-state index in [9.17, 15) is 9.59 Å². The maximum Gasteiger partial charge on any atom is 0.413 e. The van der Waals surface area contributed by atoms with E-state index < -0.39 is 12.1 Å². The van der Waals surface area contributed by atoms with Gasteiger partial charge in [0.1, 0.15) is 12.3 Å². The van der Waals surface area contributed by atoms with Crippen molar-refractivity contribution in [2.24, 2.45) is 0 Å². The van der Waals surface area contributed by atoms with E-state index in [-0.39, 0.29) is 18.1 Å². The number of carboxylic acids is 1. The van der Waals surface area contributed by atoms with E-state index in [2.05, 4.69) is 15.5 Å². The summed E-state index contributed by atoms with van der Waals surface area (Å²) in [5, 5.41) is 16.9. The average molecular weight is 261 g/mol. The first-order valence-electron chi connectivity index (χ1n) is 5.41. The average Bonchev–Trinajstić information content (AvgIpc) is 2.86. The van der Waals surface area contributed by atoms with Crippen molar-refractivity contribution in [1.82, 2.24) is 10.2 Å². The van der Waals surface area contributed by atoms with Gasteiger partial charge in [-0.1, -0.05) is 30.3 Å². The van der Waals surface area contributed by atoms with Gasteiger partial charge in [0.15, 0.2) is 5.82 Å². The van der Waals surface area contributed by atoms with Gasteiger partial charge in [-0.15, -0.1) is 0 Å². The largest absolute Gasteiger partial charge is 0.477 e. The fourth-order valence-corrected chi connectivity index (χ4v) is 1.36. The van der Waals surface area contributed by atoms with Gasteiger partial charge in [0, 0.05) is 6.07 Å². The number of nitrogens with zero attached hydrogens (tertiary/aromatic N) is 1. The van der Waals surface area contributed by atoms with E-state index in [0.717, 1.165) is 5.56 Å². The van der Waals surface area contributed by atoms with Gasteiger partial charge in [-0.05, 0) is 5.56 Å². The molecule has 0 saturated carbocycles. The van der Waals surface area contributed by atoms with Crippen molar-refractivity contribution in [3.63, 3.8) is 0 Å². The van der Waals surface area contributed by atoms with Crippen LogP contribution < -0.4 is 5.32 Å². The maximum absolute atomic E-state index is 11.4. The summed E-state index contributed by atoms with van der Waals surface area (Å²) in [6.07, 6.45) is -0.702. The summed E-state index contributed by atoms with van der Waals surface area (Å²) in [7, 11) is 0. The van der Waals surface area contributed by atoms with Crippen molar-refractivity contribution in [2.45, 2.75) is 6.61 Å². The molecule has 19 heavy (non-hydrogen) atoms. The molecule has 1 aromatic heterocycles. The number of anilines is 1. The number of nitrogens with one attached hydrogen (secondary N) is 2. The Morgan fingerprint density at radius 2 is 2.05 bits per heavy atom. The lowest BCUT2D eigenvalue weighted by molar-refractivity contribution is 0.0690. The topological polar surface area (TPSA) is 104 Å². The highest BCUT2D eigenvalue weighted by Gasteiger charge is 2.10. The van der Waals surface area contributed by atoms with Crippen molar-refractivity contribution < 1.29 is 19.4 Å². The number of hydrogen-bond acceptors (Lipinski definition) is 4. The Bertz CT molecular complexity index is 580. The lowest BCUT2D eigenvalue weighted by Gasteiger charge is -2.04. The maximum atomic E-state index is 11.4. The molecule has 1 aromatic carbocycles. The summed E-state index contributed by atoms with van der Waals surface area (Å²) in [5.74, 6) is -1.06. The van der Waals surface area contributed by atoms with Crippen molar-refractivity contribution in [2.75, 3.05) is 5.32 Å². The third-order valence-electron chi connectivity index (χ3n) is 2.25. The van der Waals surface area contributed by atoms with Crippen LogP contribution in [0.5, 0.6) is 0 Å². The van der Waals surface area contributed by atoms with E-state index in [4.69, 9.17) is 9.84 Å². The summed E-state index contributed by atoms with van der Waals surface area (Å²) < 4.78 is 4.95. The number of H-pyrrole nitrogens is 1. The van der Waals surface area contributed by atoms with E-state index in [1.807, 2.05) is 30.3 Å². The minimum Gasteiger partial charge on any atom is -0.477 e. The van der Waals surface area contributed by atoms with E-state index in [0.29, 0.717) is 0 Å². The van der Waals surface area contributed by atoms with Crippen LogP contribution >= 0.6 is 0 Å². The zero-order valence-electron chi connectivity index (χ0n) is 9.79. The van der Waals surface area contributed by atoms with Crippen LogP contribution in [-0.4, -0.2) is 27.4 Å². The van der Waals surface area contributed by atoms with Gasteiger partial charge < -0.3 is 9.84 Å². The molecule has 2 aromatic rings. The number of rotatable bonds is 4. The van der Waals surface area contributed by atoms with E-state index in [1.165, 1.54) is 6.07 Å². The van der Waals surface area contributed by atoms with Gasteiger partial charge in [-0.25, -0.2) is 9.59 Å². The molecular formula is C12H11N3O4. The first-order valence-corrected chi connectivity index (χ1v) is 5.41. The molecule has 0 aliphatic carbocycles. The second kappa shape index (κ2) is 5.67. The van der Waals surface area contributed by atoms with Crippen molar-refractivity contribution in [3.8, 4) is 0 Å². The molecular weight excluding hydrogens is 250 g/mol. The molecule has 0 spiro atoms. The number of benzene rings is 1. The Morgan fingerprint density at radius 3 is 2.68 bits per heavy atom. The number of carbonyl (C=O) groups excluding carboxylic acids is 1. The van der Waals surface area contributed by atoms with Crippen LogP contribution in [0.4, 0.5) is 10.6 Å². The van der Waals surface area contributed by atoms with Gasteiger partial charge >= 0.3 is 12.1 Å². The molecule has 1 heterocycles. The smallest absolute Gasteiger partial charge is 0.413 e. The first kappa shape index (κ1) is 12.6. The summed E-state index contributed by atoms with van der Waals surface area (Å²) in [4.78, 5) is 22.0. The Balaban J connectivity index is 1.85. The molecule has 0 atom stereocenters. The third kappa shape index (κ3) is 3.56. The molecule has 0 radical (unpaired) electrons. The second-order valence-corrected chi connectivity index (χ2v) is 3.66. The van der Waals surface area contributed by atoms with Crippen molar-refractivity contribution in [1.29, 1.82) is 0 Å². The number of aromatic carboxylic acids is 1. The molecule has 0 aliphatic rings.